The molecule has 3 nitrogen and oxygen atoms in total. The maximum Gasteiger partial charge on any atom is 0.0566 e. The highest BCUT2D eigenvalue weighted by molar-refractivity contribution is 4.93. The van der Waals surface area contributed by atoms with Crippen LogP contribution in [0.1, 0.15) is 174 Å². The summed E-state index contributed by atoms with van der Waals surface area (Å²) in [7, 11) is 0. The second-order valence-corrected chi connectivity index (χ2v) is 12.8. The molecule has 0 heterocycles. The summed E-state index contributed by atoms with van der Waals surface area (Å²) >= 11 is 0. The zero-order valence-corrected chi connectivity index (χ0v) is 28.9. The van der Waals surface area contributed by atoms with Gasteiger partial charge in [-0.15, -0.1) is 0 Å². The Bertz CT molecular complexity index is 644. The predicted octanol–water partition coefficient (Wildman–Crippen LogP) is 12.0. The van der Waals surface area contributed by atoms with Crippen molar-refractivity contribution in [2.24, 2.45) is 5.41 Å². The van der Waals surface area contributed by atoms with E-state index in [1.54, 1.807) is 0 Å². The summed E-state index contributed by atoms with van der Waals surface area (Å²) in [5, 5.41) is 20.0. The molecule has 0 amide bonds. The monoisotopic (exact) mass is 603 g/mol. The van der Waals surface area contributed by atoms with Crippen molar-refractivity contribution in [3.05, 3.63) is 48.6 Å². The molecule has 0 saturated carbocycles. The van der Waals surface area contributed by atoms with Crippen LogP contribution in [-0.2, 0) is 4.74 Å². The van der Waals surface area contributed by atoms with Crippen molar-refractivity contribution >= 4 is 0 Å². The maximum absolute atomic E-state index is 9.99. The van der Waals surface area contributed by atoms with Crippen molar-refractivity contribution in [3.63, 3.8) is 0 Å². The van der Waals surface area contributed by atoms with Crippen molar-refractivity contribution < 1.29 is 14.9 Å². The van der Waals surface area contributed by atoms with E-state index in [1.165, 1.54) is 128 Å². The normalized spacial score (nSPS) is 12.7. The molecule has 0 radical (unpaired) electrons. The van der Waals surface area contributed by atoms with E-state index in [-0.39, 0.29) is 13.2 Å². The van der Waals surface area contributed by atoms with E-state index < -0.39 is 5.41 Å². The van der Waals surface area contributed by atoms with Crippen molar-refractivity contribution in [2.45, 2.75) is 174 Å². The third-order valence-electron chi connectivity index (χ3n) is 8.48. The molecule has 0 unspecified atom stereocenters. The van der Waals surface area contributed by atoms with Crippen molar-refractivity contribution in [3.8, 4) is 0 Å². The largest absolute Gasteiger partial charge is 0.396 e. The molecule has 3 heteroatoms. The van der Waals surface area contributed by atoms with Gasteiger partial charge in [0.25, 0.3) is 0 Å². The number of hydrogen-bond acceptors (Lipinski definition) is 3. The Kier molecular flexibility index (Phi) is 34.4. The SMILES string of the molecule is CCCCC/C=C\C/C=C\CCCCCCCCOCC(CO)(CO)CCCCCCCC/C=C\C/C=C\CCCCC. The Hall–Kier alpha value is -1.16. The first-order chi connectivity index (χ1) is 21.2. The molecule has 0 aromatic carbocycles. The number of hydrogen-bond donors (Lipinski definition) is 2. The summed E-state index contributed by atoms with van der Waals surface area (Å²) < 4.78 is 5.93. The van der Waals surface area contributed by atoms with Crippen LogP contribution in [0.4, 0.5) is 0 Å². The Morgan fingerprint density at radius 2 is 0.814 bits per heavy atom. The molecule has 0 bridgehead atoms. The topological polar surface area (TPSA) is 49.7 Å². The lowest BCUT2D eigenvalue weighted by atomic mass is 9.85. The first-order valence-electron chi connectivity index (χ1n) is 18.6. The molecule has 0 aromatic rings. The fraction of sp³-hybridized carbons (Fsp3) is 0.800. The van der Waals surface area contributed by atoms with Gasteiger partial charge in [0.05, 0.1) is 19.8 Å². The Morgan fingerprint density at radius 3 is 1.23 bits per heavy atom. The minimum Gasteiger partial charge on any atom is -0.396 e. The van der Waals surface area contributed by atoms with Crippen LogP contribution in [-0.4, -0.2) is 36.6 Å². The fourth-order valence-electron chi connectivity index (χ4n) is 5.34. The van der Waals surface area contributed by atoms with Crippen LogP contribution < -0.4 is 0 Å². The fourth-order valence-corrected chi connectivity index (χ4v) is 5.34. The lowest BCUT2D eigenvalue weighted by Gasteiger charge is -2.29. The van der Waals surface area contributed by atoms with Crippen molar-refractivity contribution in [2.75, 3.05) is 26.4 Å². The summed E-state index contributed by atoms with van der Waals surface area (Å²) in [6.45, 7) is 5.73. The van der Waals surface area contributed by atoms with Crippen LogP contribution in [0.15, 0.2) is 48.6 Å². The zero-order valence-electron chi connectivity index (χ0n) is 28.9. The molecule has 0 spiro atoms. The molecule has 0 aliphatic rings. The van der Waals surface area contributed by atoms with E-state index in [0.29, 0.717) is 6.61 Å². The first kappa shape index (κ1) is 41.8. The van der Waals surface area contributed by atoms with Gasteiger partial charge in [0, 0.05) is 12.0 Å². The first-order valence-corrected chi connectivity index (χ1v) is 18.6. The molecule has 0 aromatic heterocycles. The van der Waals surface area contributed by atoms with Crippen LogP contribution in [0, 0.1) is 5.41 Å². The predicted molar refractivity (Wildman–Crippen MR) is 191 cm³/mol. The van der Waals surface area contributed by atoms with E-state index in [9.17, 15) is 10.2 Å². The molecule has 0 atom stereocenters. The number of unbranched alkanes of at least 4 members (excludes halogenated alkanes) is 18. The third-order valence-corrected chi connectivity index (χ3v) is 8.48. The second-order valence-electron chi connectivity index (χ2n) is 12.8. The smallest absolute Gasteiger partial charge is 0.0566 e. The van der Waals surface area contributed by atoms with Crippen LogP contribution in [0.5, 0.6) is 0 Å². The van der Waals surface area contributed by atoms with Gasteiger partial charge in [0.2, 0.25) is 0 Å². The number of allylic oxidation sites excluding steroid dienone is 8. The standard InChI is InChI=1S/C40H74O3/c1-3-5-7-9-11-13-15-17-19-21-23-25-27-29-31-33-35-40(37-41,38-42)39-43-36-34-32-30-28-26-24-22-20-18-16-14-12-10-8-6-4-2/h11-14,17-20,41-42H,3-10,15-16,21-39H2,1-2H3/b13-11-,14-12-,19-17-,20-18-. The van der Waals surface area contributed by atoms with Gasteiger partial charge >= 0.3 is 0 Å². The van der Waals surface area contributed by atoms with Gasteiger partial charge in [0.15, 0.2) is 0 Å². The number of aliphatic hydroxyl groups excluding tert-OH is 2. The van der Waals surface area contributed by atoms with Crippen molar-refractivity contribution in [1.82, 2.24) is 0 Å². The summed E-state index contributed by atoms with van der Waals surface area (Å²) in [6.07, 6.45) is 49.1. The van der Waals surface area contributed by atoms with Gasteiger partial charge in [-0.05, 0) is 77.0 Å². The highest BCUT2D eigenvalue weighted by atomic mass is 16.5. The second kappa shape index (κ2) is 35.3. The molecule has 0 fully saturated rings. The van der Waals surface area contributed by atoms with Crippen LogP contribution in [0.3, 0.4) is 0 Å². The summed E-state index contributed by atoms with van der Waals surface area (Å²) in [5.41, 5.74) is -0.479. The van der Waals surface area contributed by atoms with Crippen LogP contribution in [0.2, 0.25) is 0 Å². The molecule has 43 heavy (non-hydrogen) atoms. The maximum atomic E-state index is 9.99. The molecule has 2 N–H and O–H groups in total. The molecular formula is C40H74O3. The summed E-state index contributed by atoms with van der Waals surface area (Å²) in [6, 6.07) is 0. The van der Waals surface area contributed by atoms with Gasteiger partial charge in [0.1, 0.15) is 0 Å². The molecule has 0 saturated heterocycles. The van der Waals surface area contributed by atoms with E-state index >= 15 is 0 Å². The lowest BCUT2D eigenvalue weighted by molar-refractivity contribution is -0.0347. The van der Waals surface area contributed by atoms with Crippen molar-refractivity contribution in [1.29, 1.82) is 0 Å². The Morgan fingerprint density at radius 1 is 0.442 bits per heavy atom. The summed E-state index contributed by atoms with van der Waals surface area (Å²) in [4.78, 5) is 0. The quantitative estimate of drug-likeness (QED) is 0.0569. The van der Waals surface area contributed by atoms with Gasteiger partial charge in [-0.3, -0.25) is 0 Å². The Labute approximate surface area is 269 Å². The zero-order chi connectivity index (χ0) is 31.4. The highest BCUT2D eigenvalue weighted by Crippen LogP contribution is 2.25. The summed E-state index contributed by atoms with van der Waals surface area (Å²) in [5.74, 6) is 0. The van der Waals surface area contributed by atoms with Gasteiger partial charge < -0.3 is 14.9 Å². The minimum atomic E-state index is -0.479. The van der Waals surface area contributed by atoms with Gasteiger partial charge in [-0.1, -0.05) is 146 Å². The molecule has 0 aliphatic carbocycles. The highest BCUT2D eigenvalue weighted by Gasteiger charge is 2.28. The average Bonchev–Trinajstić information content (AvgIpc) is 3.03. The van der Waals surface area contributed by atoms with E-state index in [1.807, 2.05) is 0 Å². The minimum absolute atomic E-state index is 0.00740. The Balaban J connectivity index is 3.63. The lowest BCUT2D eigenvalue weighted by Crippen LogP contribution is -2.35. The number of ether oxygens (including phenoxy) is 1. The third kappa shape index (κ3) is 30.6. The van der Waals surface area contributed by atoms with E-state index in [4.69, 9.17) is 4.74 Å². The molecular weight excluding hydrogens is 528 g/mol. The van der Waals surface area contributed by atoms with Gasteiger partial charge in [-0.2, -0.15) is 0 Å². The number of rotatable bonds is 34. The van der Waals surface area contributed by atoms with E-state index in [0.717, 1.165) is 38.7 Å². The molecule has 0 rings (SSSR count). The average molecular weight is 603 g/mol. The van der Waals surface area contributed by atoms with Crippen LogP contribution in [0.25, 0.3) is 0 Å². The van der Waals surface area contributed by atoms with Gasteiger partial charge in [-0.25, -0.2) is 0 Å². The molecule has 252 valence electrons. The van der Waals surface area contributed by atoms with Crippen LogP contribution >= 0.6 is 0 Å². The number of aliphatic hydroxyl groups is 2. The van der Waals surface area contributed by atoms with E-state index in [2.05, 4.69) is 62.5 Å². The molecule has 0 aliphatic heterocycles.